The maximum atomic E-state index is 12.7. The van der Waals surface area contributed by atoms with Gasteiger partial charge in [-0.2, -0.15) is 0 Å². The van der Waals surface area contributed by atoms with E-state index in [1.165, 1.54) is 0 Å². The smallest absolute Gasteiger partial charge is 0.227 e. The highest BCUT2D eigenvalue weighted by atomic mass is 16.2. The maximum absolute atomic E-state index is 12.7. The molecule has 0 unspecified atom stereocenters. The van der Waals surface area contributed by atoms with Crippen molar-refractivity contribution in [2.24, 2.45) is 5.92 Å². The Bertz CT molecular complexity index is 757. The van der Waals surface area contributed by atoms with Gasteiger partial charge < -0.3 is 15.2 Å². The van der Waals surface area contributed by atoms with E-state index in [0.29, 0.717) is 19.5 Å². The Morgan fingerprint density at radius 2 is 1.96 bits per heavy atom. The first-order valence-electron chi connectivity index (χ1n) is 9.21. The number of nitrogens with one attached hydrogen (secondary N) is 2. The highest BCUT2D eigenvalue weighted by Crippen LogP contribution is 2.24. The van der Waals surface area contributed by atoms with Crippen LogP contribution in [0.15, 0.2) is 24.3 Å². The summed E-state index contributed by atoms with van der Waals surface area (Å²) < 4.78 is 0. The lowest BCUT2D eigenvalue weighted by molar-refractivity contribution is -0.135. The van der Waals surface area contributed by atoms with Gasteiger partial charge in [0.2, 0.25) is 11.8 Å². The van der Waals surface area contributed by atoms with Crippen LogP contribution in [-0.4, -0.2) is 41.3 Å². The van der Waals surface area contributed by atoms with Crippen LogP contribution in [0.4, 0.5) is 0 Å². The summed E-state index contributed by atoms with van der Waals surface area (Å²) in [5.41, 5.74) is 3.22. The number of aromatic nitrogens is 1. The fourth-order valence-electron chi connectivity index (χ4n) is 3.61. The largest absolute Gasteiger partial charge is 0.358 e. The minimum absolute atomic E-state index is 0.0467. The summed E-state index contributed by atoms with van der Waals surface area (Å²) in [4.78, 5) is 30.0. The van der Waals surface area contributed by atoms with Crippen molar-refractivity contribution in [3.8, 4) is 0 Å². The molecule has 2 amide bonds. The van der Waals surface area contributed by atoms with Crippen molar-refractivity contribution in [3.05, 3.63) is 35.5 Å². The summed E-state index contributed by atoms with van der Waals surface area (Å²) in [6, 6.07) is 8.10. The van der Waals surface area contributed by atoms with Gasteiger partial charge in [-0.25, -0.2) is 0 Å². The van der Waals surface area contributed by atoms with E-state index < -0.39 is 0 Å². The van der Waals surface area contributed by atoms with Crippen LogP contribution in [0.5, 0.6) is 0 Å². The lowest BCUT2D eigenvalue weighted by atomic mass is 9.95. The summed E-state index contributed by atoms with van der Waals surface area (Å²) in [5, 5.41) is 4.09. The summed E-state index contributed by atoms with van der Waals surface area (Å²) in [6.07, 6.45) is 2.89. The molecule has 2 N–H and O–H groups in total. The zero-order valence-electron chi connectivity index (χ0n) is 15.1. The number of likely N-dealkylation sites (tertiary alicyclic amines) is 1. The van der Waals surface area contributed by atoms with E-state index in [4.69, 9.17) is 0 Å². The molecule has 1 aromatic heterocycles. The lowest BCUT2D eigenvalue weighted by Gasteiger charge is -2.31. The number of nitrogens with zero attached hydrogens (tertiary/aromatic N) is 1. The number of aryl methyl sites for hydroxylation is 1. The molecule has 1 aromatic carbocycles. The highest BCUT2D eigenvalue weighted by Gasteiger charge is 2.27. The van der Waals surface area contributed by atoms with E-state index in [0.717, 1.165) is 48.0 Å². The quantitative estimate of drug-likeness (QED) is 0.878. The van der Waals surface area contributed by atoms with Crippen LogP contribution in [0.1, 0.15) is 37.4 Å². The fraction of sp³-hybridized carbons (Fsp3) is 0.500. The second-order valence-corrected chi connectivity index (χ2v) is 6.90. The van der Waals surface area contributed by atoms with Crippen LogP contribution in [0, 0.1) is 12.8 Å². The molecular formula is C20H27N3O2. The Morgan fingerprint density at radius 1 is 1.24 bits per heavy atom. The number of piperidine rings is 1. The fourth-order valence-corrected chi connectivity index (χ4v) is 3.61. The standard InChI is InChI=1S/C20H27N3O2/c1-3-10-21-20(25)15-8-11-23(12-9-15)19(24)13-17-14(2)22-18-7-5-4-6-16(17)18/h4-7,15,22H,3,8-13H2,1-2H3,(H,21,25). The average Bonchev–Trinajstić information content (AvgIpc) is 2.95. The minimum Gasteiger partial charge on any atom is -0.358 e. The monoisotopic (exact) mass is 341 g/mol. The molecule has 0 aliphatic carbocycles. The van der Waals surface area contributed by atoms with Crippen molar-refractivity contribution in [3.63, 3.8) is 0 Å². The van der Waals surface area contributed by atoms with E-state index in [1.807, 2.05) is 36.9 Å². The van der Waals surface area contributed by atoms with Crippen LogP contribution < -0.4 is 5.32 Å². The molecule has 3 rings (SSSR count). The third-order valence-electron chi connectivity index (χ3n) is 5.12. The molecule has 2 heterocycles. The molecule has 25 heavy (non-hydrogen) atoms. The predicted octanol–water partition coefficient (Wildman–Crippen LogP) is 2.78. The molecule has 5 nitrogen and oxygen atoms in total. The van der Waals surface area contributed by atoms with E-state index in [9.17, 15) is 9.59 Å². The molecular weight excluding hydrogens is 314 g/mol. The topological polar surface area (TPSA) is 65.2 Å². The Hall–Kier alpha value is -2.30. The van der Waals surface area contributed by atoms with E-state index in [2.05, 4.69) is 16.4 Å². The average molecular weight is 341 g/mol. The molecule has 1 saturated heterocycles. The van der Waals surface area contributed by atoms with Gasteiger partial charge in [-0.15, -0.1) is 0 Å². The van der Waals surface area contributed by atoms with Gasteiger partial charge in [0.25, 0.3) is 0 Å². The molecule has 1 fully saturated rings. The van der Waals surface area contributed by atoms with E-state index in [-0.39, 0.29) is 17.7 Å². The molecule has 1 aliphatic rings. The third-order valence-corrected chi connectivity index (χ3v) is 5.12. The molecule has 134 valence electrons. The van der Waals surface area contributed by atoms with Crippen molar-refractivity contribution in [2.45, 2.75) is 39.5 Å². The van der Waals surface area contributed by atoms with Crippen LogP contribution in [0.25, 0.3) is 10.9 Å². The van der Waals surface area contributed by atoms with Gasteiger partial charge in [0, 0.05) is 42.1 Å². The van der Waals surface area contributed by atoms with Gasteiger partial charge in [-0.3, -0.25) is 9.59 Å². The normalized spacial score (nSPS) is 15.5. The molecule has 0 bridgehead atoms. The van der Waals surface area contributed by atoms with Crippen molar-refractivity contribution in [1.82, 2.24) is 15.2 Å². The zero-order valence-corrected chi connectivity index (χ0v) is 15.1. The van der Waals surface area contributed by atoms with Crippen molar-refractivity contribution < 1.29 is 9.59 Å². The number of rotatable bonds is 5. The second kappa shape index (κ2) is 7.72. The number of fused-ring (bicyclic) bond motifs is 1. The number of hydrogen-bond donors (Lipinski definition) is 2. The first-order valence-corrected chi connectivity index (χ1v) is 9.21. The van der Waals surface area contributed by atoms with Crippen molar-refractivity contribution >= 4 is 22.7 Å². The first-order chi connectivity index (χ1) is 12.1. The van der Waals surface area contributed by atoms with Gasteiger partial charge in [0.05, 0.1) is 6.42 Å². The van der Waals surface area contributed by atoms with Crippen LogP contribution in [-0.2, 0) is 16.0 Å². The molecule has 0 atom stereocenters. The minimum atomic E-state index is 0.0467. The van der Waals surface area contributed by atoms with E-state index in [1.54, 1.807) is 0 Å². The van der Waals surface area contributed by atoms with Crippen LogP contribution >= 0.6 is 0 Å². The molecule has 0 spiro atoms. The Kier molecular flexibility index (Phi) is 5.41. The van der Waals surface area contributed by atoms with Gasteiger partial charge in [0.1, 0.15) is 0 Å². The predicted molar refractivity (Wildman–Crippen MR) is 99.3 cm³/mol. The number of benzene rings is 1. The van der Waals surface area contributed by atoms with Crippen LogP contribution in [0.2, 0.25) is 0 Å². The van der Waals surface area contributed by atoms with Crippen LogP contribution in [0.3, 0.4) is 0 Å². The van der Waals surface area contributed by atoms with Gasteiger partial charge in [-0.1, -0.05) is 25.1 Å². The highest BCUT2D eigenvalue weighted by molar-refractivity contribution is 5.90. The third kappa shape index (κ3) is 3.86. The summed E-state index contributed by atoms with van der Waals surface area (Å²) in [6.45, 7) is 6.15. The number of aromatic amines is 1. The van der Waals surface area contributed by atoms with E-state index >= 15 is 0 Å². The number of H-pyrrole nitrogens is 1. The zero-order chi connectivity index (χ0) is 17.8. The molecule has 2 aromatic rings. The number of carbonyl (C=O) groups is 2. The van der Waals surface area contributed by atoms with Crippen molar-refractivity contribution in [1.29, 1.82) is 0 Å². The van der Waals surface area contributed by atoms with Gasteiger partial charge in [0.15, 0.2) is 0 Å². The number of hydrogen-bond acceptors (Lipinski definition) is 2. The first kappa shape index (κ1) is 17.5. The Labute approximate surface area is 148 Å². The summed E-state index contributed by atoms with van der Waals surface area (Å²) in [7, 11) is 0. The number of para-hydroxylation sites is 1. The Balaban J connectivity index is 1.59. The molecule has 5 heteroatoms. The molecule has 0 saturated carbocycles. The molecule has 0 radical (unpaired) electrons. The summed E-state index contributed by atoms with van der Waals surface area (Å²) in [5.74, 6) is 0.340. The SMILES string of the molecule is CCCNC(=O)C1CCN(C(=O)Cc2c(C)[nH]c3ccccc23)CC1. The summed E-state index contributed by atoms with van der Waals surface area (Å²) >= 11 is 0. The molecule has 1 aliphatic heterocycles. The van der Waals surface area contributed by atoms with Gasteiger partial charge in [-0.05, 0) is 37.8 Å². The number of amides is 2. The van der Waals surface area contributed by atoms with Gasteiger partial charge >= 0.3 is 0 Å². The Morgan fingerprint density at radius 3 is 2.68 bits per heavy atom. The number of carbonyl (C=O) groups excluding carboxylic acids is 2. The maximum Gasteiger partial charge on any atom is 0.227 e. The second-order valence-electron chi connectivity index (χ2n) is 6.90. The van der Waals surface area contributed by atoms with Crippen molar-refractivity contribution in [2.75, 3.05) is 19.6 Å². The lowest BCUT2D eigenvalue weighted by Crippen LogP contribution is -2.43.